The lowest BCUT2D eigenvalue weighted by Gasteiger charge is -2.39. The molecule has 44 heavy (non-hydrogen) atoms. The Bertz CT molecular complexity index is 1440. The van der Waals surface area contributed by atoms with Crippen LogP contribution in [-0.2, 0) is 16.6 Å². The molecule has 1 saturated carbocycles. The maximum absolute atomic E-state index is 13.4. The lowest BCUT2D eigenvalue weighted by Crippen LogP contribution is -2.55. The summed E-state index contributed by atoms with van der Waals surface area (Å²) in [5.41, 5.74) is -1.91. The van der Waals surface area contributed by atoms with Crippen molar-refractivity contribution in [3.63, 3.8) is 0 Å². The summed E-state index contributed by atoms with van der Waals surface area (Å²) in [5.74, 6) is 0.446. The Hall–Kier alpha value is -3.68. The number of anilines is 1. The summed E-state index contributed by atoms with van der Waals surface area (Å²) < 4.78 is 39.4. The van der Waals surface area contributed by atoms with Crippen LogP contribution < -0.4 is 10.2 Å². The molecule has 2 aliphatic heterocycles. The van der Waals surface area contributed by atoms with Gasteiger partial charge in [-0.05, 0) is 62.4 Å². The normalized spacial score (nSPS) is 25.7. The summed E-state index contributed by atoms with van der Waals surface area (Å²) in [6.45, 7) is 1.46. The number of carbonyl (C=O) groups excluding carboxylic acids is 1. The Morgan fingerprint density at radius 3 is 2.27 bits per heavy atom. The Kier molecular flexibility index (Phi) is 8.29. The first kappa shape index (κ1) is 30.4. The molecule has 0 radical (unpaired) electrons. The lowest BCUT2D eigenvalue weighted by atomic mass is 9.79. The second kappa shape index (κ2) is 12.0. The maximum Gasteiger partial charge on any atom is 0.416 e. The number of aromatic nitrogens is 4. The van der Waals surface area contributed by atoms with E-state index in [4.69, 9.17) is 0 Å². The van der Waals surface area contributed by atoms with Gasteiger partial charge in [0, 0.05) is 81.5 Å². The van der Waals surface area contributed by atoms with E-state index >= 15 is 0 Å². The van der Waals surface area contributed by atoms with Gasteiger partial charge in [0.2, 0.25) is 0 Å². The molecule has 1 amide bonds. The number of rotatable bonds is 6. The fraction of sp³-hybridized carbons (Fsp3) is 0.516. The van der Waals surface area contributed by atoms with Crippen molar-refractivity contribution in [1.82, 2.24) is 30.2 Å². The number of alkyl halides is 3. The lowest BCUT2D eigenvalue weighted by molar-refractivity contribution is -0.152. The molecular formula is C31H36F3N7O3. The van der Waals surface area contributed by atoms with Crippen molar-refractivity contribution < 1.29 is 28.2 Å². The van der Waals surface area contributed by atoms with Crippen LogP contribution in [0.5, 0.6) is 0 Å². The standard InChI is InChI=1S/C31H36F3N7O3/c32-31(33,34)22-6-14-35-26(18-22)40-16-10-30(44,11-17-40)28(42)41-15-7-24(20-41)39-23-4-8-29(43,9-5-23)25-3-2-21(19-38-25)27-36-12-1-13-37-27/h1-3,6,12-14,18-19,23-24,39,43-44H,4-5,7-11,15-17,20H2/t23?,24-,29?/m0/s1. The van der Waals surface area contributed by atoms with Gasteiger partial charge in [0.1, 0.15) is 17.0 Å². The third kappa shape index (κ3) is 6.40. The van der Waals surface area contributed by atoms with Crippen molar-refractivity contribution in [3.8, 4) is 11.4 Å². The minimum atomic E-state index is -4.47. The van der Waals surface area contributed by atoms with Gasteiger partial charge in [-0.2, -0.15) is 13.2 Å². The highest BCUT2D eigenvalue weighted by Crippen LogP contribution is 2.37. The first-order valence-electron chi connectivity index (χ1n) is 15.0. The summed E-state index contributed by atoms with van der Waals surface area (Å²) >= 11 is 0. The van der Waals surface area contributed by atoms with Gasteiger partial charge in [-0.15, -0.1) is 0 Å². The van der Waals surface area contributed by atoms with E-state index in [1.165, 1.54) is 0 Å². The predicted octanol–water partition coefficient (Wildman–Crippen LogP) is 3.30. The molecule has 3 aromatic heterocycles. The fourth-order valence-corrected chi connectivity index (χ4v) is 6.56. The fourth-order valence-electron chi connectivity index (χ4n) is 6.56. The van der Waals surface area contributed by atoms with Crippen LogP contribution >= 0.6 is 0 Å². The molecule has 3 N–H and O–H groups in total. The Balaban J connectivity index is 0.978. The minimum Gasteiger partial charge on any atom is -0.384 e. The number of halogens is 3. The van der Waals surface area contributed by atoms with Gasteiger partial charge in [-0.1, -0.05) is 0 Å². The van der Waals surface area contributed by atoms with Crippen molar-refractivity contribution in [2.24, 2.45) is 0 Å². The molecule has 0 spiro atoms. The molecule has 3 aliphatic rings. The van der Waals surface area contributed by atoms with Crippen LogP contribution in [0.3, 0.4) is 0 Å². The van der Waals surface area contributed by atoms with Gasteiger partial charge in [-0.25, -0.2) is 15.0 Å². The van der Waals surface area contributed by atoms with E-state index in [2.05, 4.69) is 25.3 Å². The average molecular weight is 612 g/mol. The van der Waals surface area contributed by atoms with Crippen molar-refractivity contribution in [2.75, 3.05) is 31.1 Å². The van der Waals surface area contributed by atoms with E-state index < -0.39 is 22.9 Å². The Morgan fingerprint density at radius 2 is 1.61 bits per heavy atom. The van der Waals surface area contributed by atoms with Crippen LogP contribution in [0.25, 0.3) is 11.4 Å². The number of carbonyl (C=O) groups is 1. The van der Waals surface area contributed by atoms with Crippen LogP contribution in [0, 0.1) is 0 Å². The highest BCUT2D eigenvalue weighted by Gasteiger charge is 2.45. The van der Waals surface area contributed by atoms with Gasteiger partial charge < -0.3 is 25.3 Å². The largest absolute Gasteiger partial charge is 0.416 e. The van der Waals surface area contributed by atoms with E-state index in [1.807, 2.05) is 12.1 Å². The highest BCUT2D eigenvalue weighted by molar-refractivity contribution is 5.85. The second-order valence-corrected chi connectivity index (χ2v) is 12.1. The van der Waals surface area contributed by atoms with Crippen molar-refractivity contribution in [3.05, 3.63) is 66.4 Å². The van der Waals surface area contributed by atoms with Gasteiger partial charge in [0.15, 0.2) is 5.82 Å². The zero-order chi connectivity index (χ0) is 31.0. The molecule has 10 nitrogen and oxygen atoms in total. The third-order valence-corrected chi connectivity index (χ3v) is 9.21. The van der Waals surface area contributed by atoms with Gasteiger partial charge in [0.05, 0.1) is 11.3 Å². The number of aliphatic hydroxyl groups is 2. The second-order valence-electron chi connectivity index (χ2n) is 12.1. The van der Waals surface area contributed by atoms with Crippen LogP contribution in [0.1, 0.15) is 56.2 Å². The number of likely N-dealkylation sites (tertiary alicyclic amines) is 1. The summed E-state index contributed by atoms with van der Waals surface area (Å²) in [7, 11) is 0. The monoisotopic (exact) mass is 611 g/mol. The predicted molar refractivity (Wildman–Crippen MR) is 155 cm³/mol. The molecule has 1 aliphatic carbocycles. The van der Waals surface area contributed by atoms with Crippen LogP contribution in [0.2, 0.25) is 0 Å². The molecule has 234 valence electrons. The quantitative estimate of drug-likeness (QED) is 0.385. The first-order valence-corrected chi connectivity index (χ1v) is 15.0. The first-order chi connectivity index (χ1) is 21.0. The zero-order valence-corrected chi connectivity index (χ0v) is 24.2. The molecule has 0 unspecified atom stereocenters. The summed E-state index contributed by atoms with van der Waals surface area (Å²) in [6, 6.07) is 7.67. The number of pyridine rings is 2. The molecular weight excluding hydrogens is 575 g/mol. The van der Waals surface area contributed by atoms with Gasteiger partial charge in [-0.3, -0.25) is 9.78 Å². The number of nitrogens with one attached hydrogen (secondary N) is 1. The Morgan fingerprint density at radius 1 is 0.886 bits per heavy atom. The minimum absolute atomic E-state index is 0.0800. The summed E-state index contributed by atoms with van der Waals surface area (Å²) in [4.78, 5) is 33.8. The number of hydrogen-bond donors (Lipinski definition) is 3. The van der Waals surface area contributed by atoms with Crippen molar-refractivity contribution in [2.45, 2.75) is 74.4 Å². The van der Waals surface area contributed by atoms with E-state index in [-0.39, 0.29) is 49.7 Å². The average Bonchev–Trinajstić information content (AvgIpc) is 3.51. The van der Waals surface area contributed by atoms with E-state index in [9.17, 15) is 28.2 Å². The molecule has 6 rings (SSSR count). The number of hydrogen-bond acceptors (Lipinski definition) is 9. The molecule has 3 aromatic rings. The molecule has 2 saturated heterocycles. The third-order valence-electron chi connectivity index (χ3n) is 9.21. The molecule has 5 heterocycles. The van der Waals surface area contributed by atoms with Crippen LogP contribution in [0.4, 0.5) is 19.0 Å². The number of nitrogens with zero attached hydrogens (tertiary/aromatic N) is 6. The summed E-state index contributed by atoms with van der Waals surface area (Å²) in [6.07, 6.45) is 5.34. The topological polar surface area (TPSA) is 128 Å². The van der Waals surface area contributed by atoms with Crippen LogP contribution in [-0.4, -0.2) is 84.8 Å². The van der Waals surface area contributed by atoms with Crippen molar-refractivity contribution >= 4 is 11.7 Å². The smallest absolute Gasteiger partial charge is 0.384 e. The van der Waals surface area contributed by atoms with E-state index in [1.54, 1.807) is 34.5 Å². The zero-order valence-electron chi connectivity index (χ0n) is 24.2. The van der Waals surface area contributed by atoms with E-state index in [0.29, 0.717) is 37.4 Å². The number of piperidine rings is 1. The maximum atomic E-state index is 13.4. The summed E-state index contributed by atoms with van der Waals surface area (Å²) in [5, 5.41) is 26.2. The molecule has 13 heteroatoms. The number of amides is 1. The molecule has 1 atom stereocenters. The van der Waals surface area contributed by atoms with E-state index in [0.717, 1.165) is 43.2 Å². The molecule has 3 fully saturated rings. The van der Waals surface area contributed by atoms with Gasteiger partial charge in [0.25, 0.3) is 5.91 Å². The Labute approximate surface area is 253 Å². The SMILES string of the molecule is O=C(N1CC[C@H](NC2CCC(O)(c3ccc(-c4ncccn4)cn3)CC2)C1)C1(O)CCN(c2cc(C(F)(F)F)ccn2)CC1. The molecule has 0 aromatic carbocycles. The highest BCUT2D eigenvalue weighted by atomic mass is 19.4. The molecule has 0 bridgehead atoms. The van der Waals surface area contributed by atoms with Crippen molar-refractivity contribution in [1.29, 1.82) is 0 Å². The van der Waals surface area contributed by atoms with Gasteiger partial charge >= 0.3 is 6.18 Å². The van der Waals surface area contributed by atoms with Crippen LogP contribution in [0.15, 0.2) is 55.1 Å².